The lowest BCUT2D eigenvalue weighted by Crippen LogP contribution is -2.14. The first kappa shape index (κ1) is 20.6. The number of nitrogens with one attached hydrogen (secondary N) is 1. The Bertz CT molecular complexity index is 1250. The van der Waals surface area contributed by atoms with Crippen LogP contribution in [0, 0.1) is 6.92 Å². The molecule has 3 aromatic rings. The van der Waals surface area contributed by atoms with E-state index in [9.17, 15) is 18.0 Å². The summed E-state index contributed by atoms with van der Waals surface area (Å²) in [5.74, 6) is -0.817. The van der Waals surface area contributed by atoms with Crippen LogP contribution in [0.4, 0.5) is 5.00 Å². The number of fused-ring (bicyclic) bond motifs is 1. The quantitative estimate of drug-likeness (QED) is 0.590. The highest BCUT2D eigenvalue weighted by Gasteiger charge is 2.28. The average molecular weight is 444 g/mol. The van der Waals surface area contributed by atoms with Crippen LogP contribution < -0.4 is 5.32 Å². The lowest BCUT2D eigenvalue weighted by Gasteiger charge is -2.13. The fraction of sp³-hybridized carbons (Fsp3) is 0.273. The fourth-order valence-corrected chi connectivity index (χ4v) is 5.47. The van der Waals surface area contributed by atoms with Crippen LogP contribution in [0.2, 0.25) is 0 Å². The van der Waals surface area contributed by atoms with Gasteiger partial charge in [0.2, 0.25) is 14.9 Å². The van der Waals surface area contributed by atoms with Crippen LogP contribution in [-0.2, 0) is 22.7 Å². The summed E-state index contributed by atoms with van der Waals surface area (Å²) in [6, 6.07) is 9.96. The monoisotopic (exact) mass is 443 g/mol. The highest BCUT2D eigenvalue weighted by atomic mass is 32.2. The van der Waals surface area contributed by atoms with Crippen molar-refractivity contribution >= 4 is 37.9 Å². The average Bonchev–Trinajstić information content (AvgIpc) is 3.32. The summed E-state index contributed by atoms with van der Waals surface area (Å²) in [5.41, 5.74) is 3.10. The number of benzene rings is 1. The minimum absolute atomic E-state index is 0.115. The number of carbonyl (C=O) groups excluding carboxylic acids is 2. The number of anilines is 1. The normalized spacial score (nSPS) is 13.7. The molecule has 0 atom stereocenters. The van der Waals surface area contributed by atoms with Gasteiger partial charge in [0.25, 0.3) is 5.91 Å². The molecule has 0 saturated heterocycles. The van der Waals surface area contributed by atoms with E-state index in [1.54, 1.807) is 6.07 Å². The summed E-state index contributed by atoms with van der Waals surface area (Å²) < 4.78 is 28.4. The zero-order valence-electron chi connectivity index (χ0n) is 16.7. The number of ketones is 1. The maximum atomic E-state index is 13.4. The van der Waals surface area contributed by atoms with Crippen LogP contribution >= 0.6 is 11.3 Å². The van der Waals surface area contributed by atoms with E-state index in [-0.39, 0.29) is 16.6 Å². The van der Waals surface area contributed by atoms with Gasteiger partial charge in [-0.15, -0.1) is 11.3 Å². The van der Waals surface area contributed by atoms with E-state index in [4.69, 9.17) is 4.42 Å². The molecule has 156 valence electrons. The van der Waals surface area contributed by atoms with Crippen LogP contribution in [0.25, 0.3) is 0 Å². The second kappa shape index (κ2) is 7.85. The van der Waals surface area contributed by atoms with Gasteiger partial charge < -0.3 is 9.73 Å². The van der Waals surface area contributed by atoms with Gasteiger partial charge in [0, 0.05) is 16.7 Å². The Morgan fingerprint density at radius 1 is 1.10 bits per heavy atom. The van der Waals surface area contributed by atoms with Crippen molar-refractivity contribution in [2.24, 2.45) is 0 Å². The fourth-order valence-electron chi connectivity index (χ4n) is 3.63. The minimum Gasteiger partial charge on any atom is -0.440 e. The standard InChI is InChI=1S/C22H21NO5S2/c1-13-6-5-7-14(12-13)20(24)19-15-8-3-4-9-17(15)29-22(19)23-21(25)16-10-11-18(28-16)30(2,26)27/h5-7,10-12H,3-4,8-9H2,1-2H3,(H,23,25). The second-order valence-electron chi connectivity index (χ2n) is 7.46. The molecule has 0 fully saturated rings. The first-order valence-corrected chi connectivity index (χ1v) is 12.3. The topological polar surface area (TPSA) is 93.5 Å². The molecule has 0 radical (unpaired) electrons. The highest BCUT2D eigenvalue weighted by molar-refractivity contribution is 7.90. The third kappa shape index (κ3) is 3.97. The minimum atomic E-state index is -3.55. The van der Waals surface area contributed by atoms with Gasteiger partial charge in [-0.3, -0.25) is 9.59 Å². The predicted molar refractivity (Wildman–Crippen MR) is 115 cm³/mol. The molecule has 0 unspecified atom stereocenters. The summed E-state index contributed by atoms with van der Waals surface area (Å²) in [5, 5.41) is 3.00. The maximum Gasteiger partial charge on any atom is 0.292 e. The summed E-state index contributed by atoms with van der Waals surface area (Å²) in [6.45, 7) is 1.93. The zero-order valence-corrected chi connectivity index (χ0v) is 18.3. The lowest BCUT2D eigenvalue weighted by atomic mass is 9.91. The molecule has 1 aliphatic rings. The number of aryl methyl sites for hydroxylation is 2. The van der Waals surface area contributed by atoms with E-state index in [1.165, 1.54) is 23.5 Å². The van der Waals surface area contributed by atoms with Gasteiger partial charge in [-0.1, -0.05) is 23.8 Å². The number of thiophene rings is 1. The highest BCUT2D eigenvalue weighted by Crippen LogP contribution is 2.39. The molecule has 6 nitrogen and oxygen atoms in total. The molecule has 4 rings (SSSR count). The van der Waals surface area contributed by atoms with Crippen LogP contribution in [0.3, 0.4) is 0 Å². The Labute approximate surface area is 178 Å². The van der Waals surface area contributed by atoms with Crippen LogP contribution in [0.1, 0.15) is 55.3 Å². The van der Waals surface area contributed by atoms with Crippen molar-refractivity contribution in [3.63, 3.8) is 0 Å². The van der Waals surface area contributed by atoms with Gasteiger partial charge in [-0.25, -0.2) is 8.42 Å². The van der Waals surface area contributed by atoms with E-state index in [0.717, 1.165) is 47.9 Å². The molecule has 2 aromatic heterocycles. The Balaban J connectivity index is 1.71. The number of hydrogen-bond acceptors (Lipinski definition) is 6. The SMILES string of the molecule is Cc1cccc(C(=O)c2c(NC(=O)c3ccc(S(C)(=O)=O)o3)sc3c2CCCC3)c1. The number of carbonyl (C=O) groups is 2. The Kier molecular flexibility index (Phi) is 5.38. The van der Waals surface area contributed by atoms with Crippen molar-refractivity contribution in [2.75, 3.05) is 11.6 Å². The molecule has 1 aliphatic carbocycles. The number of amides is 1. The molecule has 2 heterocycles. The zero-order chi connectivity index (χ0) is 21.5. The van der Waals surface area contributed by atoms with Crippen LogP contribution in [0.15, 0.2) is 45.9 Å². The van der Waals surface area contributed by atoms with E-state index < -0.39 is 15.7 Å². The van der Waals surface area contributed by atoms with E-state index in [0.29, 0.717) is 16.1 Å². The predicted octanol–water partition coefficient (Wildman–Crippen LogP) is 4.42. The van der Waals surface area contributed by atoms with Crippen LogP contribution in [0.5, 0.6) is 0 Å². The molecule has 0 saturated carbocycles. The number of sulfone groups is 1. The molecular formula is C22H21NO5S2. The van der Waals surface area contributed by atoms with E-state index in [2.05, 4.69) is 5.32 Å². The molecule has 0 bridgehead atoms. The first-order valence-electron chi connectivity index (χ1n) is 9.61. The second-order valence-corrected chi connectivity index (χ2v) is 10.5. The molecular weight excluding hydrogens is 422 g/mol. The van der Waals surface area contributed by atoms with Gasteiger partial charge in [-0.2, -0.15) is 0 Å². The van der Waals surface area contributed by atoms with Gasteiger partial charge >= 0.3 is 0 Å². The molecule has 1 amide bonds. The molecule has 1 N–H and O–H groups in total. The van der Waals surface area contributed by atoms with Crippen LogP contribution in [-0.4, -0.2) is 26.4 Å². The Morgan fingerprint density at radius 3 is 2.57 bits per heavy atom. The molecule has 1 aromatic carbocycles. The summed E-state index contributed by atoms with van der Waals surface area (Å²) >= 11 is 1.41. The van der Waals surface area contributed by atoms with Crippen molar-refractivity contribution in [1.82, 2.24) is 0 Å². The van der Waals surface area contributed by atoms with Gasteiger partial charge in [0.15, 0.2) is 11.5 Å². The lowest BCUT2D eigenvalue weighted by molar-refractivity contribution is 0.0992. The van der Waals surface area contributed by atoms with Gasteiger partial charge in [-0.05, 0) is 56.4 Å². The summed E-state index contributed by atoms with van der Waals surface area (Å²) in [4.78, 5) is 27.2. The number of furan rings is 1. The summed E-state index contributed by atoms with van der Waals surface area (Å²) in [7, 11) is -3.55. The molecule has 30 heavy (non-hydrogen) atoms. The van der Waals surface area contributed by atoms with Crippen molar-refractivity contribution in [3.05, 3.63) is 69.3 Å². The maximum absolute atomic E-state index is 13.4. The largest absolute Gasteiger partial charge is 0.440 e. The Hall–Kier alpha value is -2.71. The van der Waals surface area contributed by atoms with Crippen molar-refractivity contribution in [3.8, 4) is 0 Å². The number of hydrogen-bond donors (Lipinski definition) is 1. The van der Waals surface area contributed by atoms with Crippen molar-refractivity contribution in [1.29, 1.82) is 0 Å². The first-order chi connectivity index (χ1) is 14.2. The van der Waals surface area contributed by atoms with Gasteiger partial charge in [0.05, 0.1) is 5.56 Å². The number of rotatable bonds is 5. The van der Waals surface area contributed by atoms with E-state index in [1.807, 2.05) is 25.1 Å². The molecule has 8 heteroatoms. The summed E-state index contributed by atoms with van der Waals surface area (Å²) in [6.07, 6.45) is 4.74. The van der Waals surface area contributed by atoms with Crippen molar-refractivity contribution < 1.29 is 22.4 Å². The van der Waals surface area contributed by atoms with Gasteiger partial charge in [0.1, 0.15) is 5.00 Å². The smallest absolute Gasteiger partial charge is 0.292 e. The Morgan fingerprint density at radius 2 is 1.87 bits per heavy atom. The molecule has 0 spiro atoms. The third-order valence-corrected chi connectivity index (χ3v) is 7.23. The molecule has 0 aliphatic heterocycles. The third-order valence-electron chi connectivity index (χ3n) is 5.08. The van der Waals surface area contributed by atoms with E-state index >= 15 is 0 Å². The van der Waals surface area contributed by atoms with Crippen molar-refractivity contribution in [2.45, 2.75) is 37.7 Å².